The summed E-state index contributed by atoms with van der Waals surface area (Å²) in [6.45, 7) is 4.20. The van der Waals surface area contributed by atoms with Gasteiger partial charge in [-0.15, -0.1) is 0 Å². The maximum Gasteiger partial charge on any atom is 0.231 e. The molecule has 4 nitrogen and oxygen atoms in total. The maximum absolute atomic E-state index is 11.9. The summed E-state index contributed by atoms with van der Waals surface area (Å²) in [6.07, 6.45) is 0.402. The van der Waals surface area contributed by atoms with Gasteiger partial charge in [0.05, 0.1) is 18.6 Å². The van der Waals surface area contributed by atoms with Gasteiger partial charge in [-0.05, 0) is 31.0 Å². The number of hydrogen-bond donors (Lipinski definition) is 2. The predicted octanol–water partition coefficient (Wildman–Crippen LogP) is 0.805. The van der Waals surface area contributed by atoms with Crippen molar-refractivity contribution in [1.29, 1.82) is 0 Å². The molecule has 2 rings (SSSR count). The molecule has 0 bridgehead atoms. The third-order valence-corrected chi connectivity index (χ3v) is 2.86. The molecule has 0 aromatic heterocycles. The molecule has 1 aliphatic rings. The average Bonchev–Trinajstić information content (AvgIpc) is 2.52. The van der Waals surface area contributed by atoms with E-state index in [-0.39, 0.29) is 5.91 Å². The summed E-state index contributed by atoms with van der Waals surface area (Å²) in [5, 5.41) is 9.81. The second kappa shape index (κ2) is 4.13. The van der Waals surface area contributed by atoms with E-state index in [0.29, 0.717) is 19.5 Å². The van der Waals surface area contributed by atoms with Gasteiger partial charge in [0.1, 0.15) is 0 Å². The molecule has 1 aliphatic heterocycles. The molecule has 17 heavy (non-hydrogen) atoms. The highest BCUT2D eigenvalue weighted by Crippen LogP contribution is 2.30. The Labute approximate surface area is 101 Å². The first-order valence-electron chi connectivity index (χ1n) is 5.75. The highest BCUT2D eigenvalue weighted by atomic mass is 16.3. The quantitative estimate of drug-likeness (QED) is 0.813. The number of nitrogens with two attached hydrogens (primary N) is 1. The number of carbonyl (C=O) groups is 1. The van der Waals surface area contributed by atoms with E-state index >= 15 is 0 Å². The van der Waals surface area contributed by atoms with Crippen LogP contribution in [0.3, 0.4) is 0 Å². The molecule has 1 heterocycles. The summed E-state index contributed by atoms with van der Waals surface area (Å²) in [6, 6.07) is 5.81. The number of amides is 1. The van der Waals surface area contributed by atoms with Gasteiger partial charge in [-0.1, -0.05) is 12.1 Å². The van der Waals surface area contributed by atoms with Crippen LogP contribution in [0, 0.1) is 0 Å². The number of fused-ring (bicyclic) bond motifs is 1. The summed E-state index contributed by atoms with van der Waals surface area (Å²) < 4.78 is 0. The fourth-order valence-electron chi connectivity index (χ4n) is 2.12. The number of β-amino-alcohol motifs (C(OH)–C–C–N with tert-alkyl or cyclic N) is 1. The molecule has 0 aliphatic carbocycles. The monoisotopic (exact) mass is 234 g/mol. The summed E-state index contributed by atoms with van der Waals surface area (Å²) in [7, 11) is 0. The second-order valence-corrected chi connectivity index (χ2v) is 5.14. The van der Waals surface area contributed by atoms with Crippen LogP contribution in [0.2, 0.25) is 0 Å². The van der Waals surface area contributed by atoms with Crippen LogP contribution in [-0.2, 0) is 17.8 Å². The van der Waals surface area contributed by atoms with Crippen molar-refractivity contribution in [2.45, 2.75) is 32.4 Å². The van der Waals surface area contributed by atoms with Gasteiger partial charge in [0.25, 0.3) is 0 Å². The van der Waals surface area contributed by atoms with Crippen molar-refractivity contribution in [3.8, 4) is 0 Å². The highest BCUT2D eigenvalue weighted by molar-refractivity contribution is 6.01. The van der Waals surface area contributed by atoms with Crippen LogP contribution in [0.1, 0.15) is 25.0 Å². The predicted molar refractivity (Wildman–Crippen MR) is 66.7 cm³/mol. The van der Waals surface area contributed by atoms with Crippen LogP contribution in [0.4, 0.5) is 5.69 Å². The van der Waals surface area contributed by atoms with E-state index in [1.165, 1.54) is 0 Å². The molecule has 4 heteroatoms. The minimum atomic E-state index is -0.885. The lowest BCUT2D eigenvalue weighted by molar-refractivity contribution is -0.118. The number of benzene rings is 1. The van der Waals surface area contributed by atoms with Crippen LogP contribution in [0.25, 0.3) is 0 Å². The summed E-state index contributed by atoms with van der Waals surface area (Å²) in [5.74, 6) is 0.0382. The zero-order chi connectivity index (χ0) is 12.6. The topological polar surface area (TPSA) is 66.6 Å². The molecular formula is C13H18N2O2. The van der Waals surface area contributed by atoms with Crippen molar-refractivity contribution in [2.75, 3.05) is 11.4 Å². The molecule has 0 atom stereocenters. The molecular weight excluding hydrogens is 216 g/mol. The Bertz CT molecular complexity index is 449. The Morgan fingerprint density at radius 2 is 2.18 bits per heavy atom. The molecule has 0 spiro atoms. The lowest BCUT2D eigenvalue weighted by Gasteiger charge is -2.26. The minimum Gasteiger partial charge on any atom is -0.389 e. The Balaban J connectivity index is 2.31. The summed E-state index contributed by atoms with van der Waals surface area (Å²) >= 11 is 0. The van der Waals surface area contributed by atoms with Gasteiger partial charge in [-0.25, -0.2) is 0 Å². The minimum absolute atomic E-state index is 0.0382. The van der Waals surface area contributed by atoms with Gasteiger partial charge < -0.3 is 15.7 Å². The second-order valence-electron chi connectivity index (χ2n) is 5.14. The third-order valence-electron chi connectivity index (χ3n) is 2.86. The van der Waals surface area contributed by atoms with Crippen molar-refractivity contribution in [1.82, 2.24) is 0 Å². The smallest absolute Gasteiger partial charge is 0.231 e. The van der Waals surface area contributed by atoms with Crippen molar-refractivity contribution >= 4 is 11.6 Å². The van der Waals surface area contributed by atoms with Gasteiger partial charge in [0.15, 0.2) is 0 Å². The van der Waals surface area contributed by atoms with E-state index in [9.17, 15) is 9.90 Å². The standard InChI is InChI=1S/C13H18N2O2/c1-13(2,17)8-15-11-4-3-9(7-14)5-10(11)6-12(15)16/h3-5,17H,6-8,14H2,1-2H3. The number of rotatable bonds is 3. The van der Waals surface area contributed by atoms with Crippen molar-refractivity contribution < 1.29 is 9.90 Å². The van der Waals surface area contributed by atoms with Crippen molar-refractivity contribution in [3.05, 3.63) is 29.3 Å². The fraction of sp³-hybridized carbons (Fsp3) is 0.462. The van der Waals surface area contributed by atoms with Gasteiger partial charge >= 0.3 is 0 Å². The van der Waals surface area contributed by atoms with E-state index in [2.05, 4.69) is 0 Å². The first-order chi connectivity index (χ1) is 7.90. The lowest BCUT2D eigenvalue weighted by Crippen LogP contribution is -2.40. The van der Waals surface area contributed by atoms with Gasteiger partial charge in [-0.2, -0.15) is 0 Å². The SMILES string of the molecule is CC(C)(O)CN1C(=O)Cc2cc(CN)ccc21. The normalized spacial score (nSPS) is 15.3. The Kier molecular flexibility index (Phi) is 2.93. The first-order valence-corrected chi connectivity index (χ1v) is 5.75. The Hall–Kier alpha value is -1.39. The fourth-order valence-corrected chi connectivity index (χ4v) is 2.12. The third kappa shape index (κ3) is 2.48. The van der Waals surface area contributed by atoms with Gasteiger partial charge in [0, 0.05) is 12.2 Å². The largest absolute Gasteiger partial charge is 0.389 e. The zero-order valence-electron chi connectivity index (χ0n) is 10.2. The summed E-state index contributed by atoms with van der Waals surface area (Å²) in [4.78, 5) is 13.5. The highest BCUT2D eigenvalue weighted by Gasteiger charge is 2.31. The molecule has 0 saturated carbocycles. The van der Waals surface area contributed by atoms with Crippen LogP contribution >= 0.6 is 0 Å². The van der Waals surface area contributed by atoms with Crippen LogP contribution in [0.5, 0.6) is 0 Å². The van der Waals surface area contributed by atoms with Crippen LogP contribution in [-0.4, -0.2) is 23.2 Å². The molecule has 0 unspecified atom stereocenters. The number of hydrogen-bond acceptors (Lipinski definition) is 3. The Morgan fingerprint density at radius 1 is 1.47 bits per heavy atom. The van der Waals surface area contributed by atoms with Gasteiger partial charge in [-0.3, -0.25) is 4.79 Å². The van der Waals surface area contributed by atoms with E-state index in [1.54, 1.807) is 18.7 Å². The zero-order valence-corrected chi connectivity index (χ0v) is 10.2. The number of aliphatic hydroxyl groups is 1. The average molecular weight is 234 g/mol. The van der Waals surface area contributed by atoms with Gasteiger partial charge in [0.2, 0.25) is 5.91 Å². The Morgan fingerprint density at radius 3 is 2.76 bits per heavy atom. The lowest BCUT2D eigenvalue weighted by atomic mass is 10.1. The maximum atomic E-state index is 11.9. The van der Waals surface area contributed by atoms with Crippen LogP contribution < -0.4 is 10.6 Å². The molecule has 0 saturated heterocycles. The first kappa shape index (κ1) is 12.1. The number of nitrogens with zero attached hydrogens (tertiary/aromatic N) is 1. The molecule has 1 aromatic rings. The summed E-state index contributed by atoms with van der Waals surface area (Å²) in [5.41, 5.74) is 7.62. The number of carbonyl (C=O) groups excluding carboxylic acids is 1. The van der Waals surface area contributed by atoms with Crippen LogP contribution in [0.15, 0.2) is 18.2 Å². The molecule has 3 N–H and O–H groups in total. The molecule has 1 amide bonds. The van der Waals surface area contributed by atoms with Crippen molar-refractivity contribution in [2.24, 2.45) is 5.73 Å². The molecule has 92 valence electrons. The van der Waals surface area contributed by atoms with Crippen molar-refractivity contribution in [3.63, 3.8) is 0 Å². The molecule has 1 aromatic carbocycles. The van der Waals surface area contributed by atoms with E-state index < -0.39 is 5.60 Å². The van der Waals surface area contributed by atoms with E-state index in [1.807, 2.05) is 18.2 Å². The van der Waals surface area contributed by atoms with E-state index in [4.69, 9.17) is 5.73 Å². The molecule has 0 fully saturated rings. The number of anilines is 1. The molecule has 0 radical (unpaired) electrons. The van der Waals surface area contributed by atoms with E-state index in [0.717, 1.165) is 16.8 Å².